The molecule has 0 bridgehead atoms. The molecule has 0 aromatic heterocycles. The molecule has 1 aliphatic heterocycles. The Labute approximate surface area is 123 Å². The quantitative estimate of drug-likeness (QED) is 0.767. The van der Waals surface area contributed by atoms with Crippen LogP contribution in [0.1, 0.15) is 33.6 Å². The first-order valence-corrected chi connectivity index (χ1v) is 10.4. The molecule has 1 aliphatic rings. The maximum atomic E-state index is 11.4. The molecule has 1 fully saturated rings. The van der Waals surface area contributed by atoms with Gasteiger partial charge in [0.2, 0.25) is 0 Å². The van der Waals surface area contributed by atoms with Gasteiger partial charge in [0.15, 0.2) is 8.32 Å². The Bertz CT molecular complexity index is 323. The Morgan fingerprint density at radius 3 is 2.55 bits per heavy atom. The molecule has 6 heteroatoms. The van der Waals surface area contributed by atoms with Crippen LogP contribution < -0.4 is 5.32 Å². The van der Waals surface area contributed by atoms with E-state index in [1.54, 1.807) is 4.90 Å². The minimum absolute atomic E-state index is 0.0873. The summed E-state index contributed by atoms with van der Waals surface area (Å²) in [7, 11) is -1.79. The molecule has 0 aliphatic carbocycles. The van der Waals surface area contributed by atoms with Gasteiger partial charge in [-0.25, -0.2) is 4.79 Å². The van der Waals surface area contributed by atoms with E-state index in [0.717, 1.165) is 25.9 Å². The molecule has 0 radical (unpaired) electrons. The van der Waals surface area contributed by atoms with Crippen molar-refractivity contribution in [1.29, 1.82) is 0 Å². The van der Waals surface area contributed by atoms with E-state index in [4.69, 9.17) is 4.43 Å². The van der Waals surface area contributed by atoms with E-state index >= 15 is 0 Å². The second-order valence-electron chi connectivity index (χ2n) is 7.08. The van der Waals surface area contributed by atoms with Crippen molar-refractivity contribution in [3.63, 3.8) is 0 Å². The van der Waals surface area contributed by atoms with Gasteiger partial charge in [0.1, 0.15) is 0 Å². The van der Waals surface area contributed by atoms with Gasteiger partial charge in [0.25, 0.3) is 0 Å². The van der Waals surface area contributed by atoms with Crippen LogP contribution in [0.4, 0.5) is 4.79 Å². The van der Waals surface area contributed by atoms with Crippen LogP contribution in [-0.2, 0) is 4.43 Å². The van der Waals surface area contributed by atoms with Crippen LogP contribution in [0.2, 0.25) is 18.1 Å². The van der Waals surface area contributed by atoms with Crippen LogP contribution in [0.25, 0.3) is 0 Å². The summed E-state index contributed by atoms with van der Waals surface area (Å²) in [6.07, 6.45) is 1.15. The van der Waals surface area contributed by atoms with Gasteiger partial charge in [-0.15, -0.1) is 0 Å². The minimum atomic E-state index is -1.79. The fourth-order valence-electron chi connectivity index (χ4n) is 2.15. The smallest absolute Gasteiger partial charge is 0.407 e. The number of amides is 1. The van der Waals surface area contributed by atoms with Crippen molar-refractivity contribution < 1.29 is 14.3 Å². The highest BCUT2D eigenvalue weighted by molar-refractivity contribution is 6.74. The third-order valence-corrected chi connectivity index (χ3v) is 9.10. The fraction of sp³-hybridized carbons (Fsp3) is 0.929. The van der Waals surface area contributed by atoms with E-state index in [2.05, 4.69) is 39.2 Å². The Hall–Kier alpha value is -0.593. The van der Waals surface area contributed by atoms with Crippen LogP contribution in [0.5, 0.6) is 0 Å². The maximum absolute atomic E-state index is 11.4. The highest BCUT2D eigenvalue weighted by Crippen LogP contribution is 2.36. The van der Waals surface area contributed by atoms with Crippen molar-refractivity contribution >= 4 is 14.4 Å². The highest BCUT2D eigenvalue weighted by atomic mass is 28.4. The zero-order valence-electron chi connectivity index (χ0n) is 13.5. The first-order chi connectivity index (χ1) is 9.15. The van der Waals surface area contributed by atoms with Gasteiger partial charge in [-0.1, -0.05) is 20.8 Å². The van der Waals surface area contributed by atoms with Gasteiger partial charge in [0.05, 0.1) is 6.61 Å². The van der Waals surface area contributed by atoms with Crippen molar-refractivity contribution in [3.8, 4) is 0 Å². The summed E-state index contributed by atoms with van der Waals surface area (Å²) >= 11 is 0. The summed E-state index contributed by atoms with van der Waals surface area (Å²) in [5, 5.41) is 12.8. The number of nitrogens with one attached hydrogen (secondary N) is 1. The van der Waals surface area contributed by atoms with E-state index in [0.29, 0.717) is 13.2 Å². The van der Waals surface area contributed by atoms with Gasteiger partial charge < -0.3 is 19.7 Å². The molecule has 1 amide bonds. The van der Waals surface area contributed by atoms with Gasteiger partial charge >= 0.3 is 6.09 Å². The molecule has 5 nitrogen and oxygen atoms in total. The van der Waals surface area contributed by atoms with Crippen LogP contribution in [0.3, 0.4) is 0 Å². The van der Waals surface area contributed by atoms with E-state index in [1.165, 1.54) is 0 Å². The molecular formula is C14H30N2O3Si. The number of carboxylic acid groups (broad SMARTS) is 1. The lowest BCUT2D eigenvalue weighted by Gasteiger charge is -2.38. The predicted octanol–water partition coefficient (Wildman–Crippen LogP) is 2.74. The molecular weight excluding hydrogens is 272 g/mol. The predicted molar refractivity (Wildman–Crippen MR) is 83.8 cm³/mol. The molecule has 118 valence electrons. The average molecular weight is 302 g/mol. The number of hydrogen-bond acceptors (Lipinski definition) is 3. The molecule has 1 atom stereocenters. The summed E-state index contributed by atoms with van der Waals surface area (Å²) in [5.74, 6) is 0. The SMILES string of the molecule is CC(C)(C)[Si](C)(C)OCCN(C(=O)O)[C@H]1CCCNC1. The first-order valence-electron chi connectivity index (χ1n) is 7.49. The molecule has 0 unspecified atom stereocenters. The topological polar surface area (TPSA) is 61.8 Å². The maximum Gasteiger partial charge on any atom is 0.407 e. The normalized spacial score (nSPS) is 20.8. The summed E-state index contributed by atoms with van der Waals surface area (Å²) in [6, 6.07) is 0.0873. The second kappa shape index (κ2) is 6.91. The van der Waals surface area contributed by atoms with Crippen molar-refractivity contribution in [2.24, 2.45) is 0 Å². The lowest BCUT2D eigenvalue weighted by Crippen LogP contribution is -2.50. The molecule has 2 N–H and O–H groups in total. The fourth-order valence-corrected chi connectivity index (χ4v) is 3.18. The summed E-state index contributed by atoms with van der Waals surface area (Å²) in [4.78, 5) is 12.9. The van der Waals surface area contributed by atoms with Crippen molar-refractivity contribution in [3.05, 3.63) is 0 Å². The average Bonchev–Trinajstić information content (AvgIpc) is 2.34. The summed E-state index contributed by atoms with van der Waals surface area (Å²) < 4.78 is 6.08. The lowest BCUT2D eigenvalue weighted by molar-refractivity contribution is 0.102. The van der Waals surface area contributed by atoms with Gasteiger partial charge in [0, 0.05) is 19.1 Å². The highest BCUT2D eigenvalue weighted by Gasteiger charge is 2.37. The van der Waals surface area contributed by atoms with Gasteiger partial charge in [-0.2, -0.15) is 0 Å². The van der Waals surface area contributed by atoms with Crippen LogP contribution in [0.15, 0.2) is 0 Å². The minimum Gasteiger partial charge on any atom is -0.465 e. The summed E-state index contributed by atoms with van der Waals surface area (Å²) in [6.45, 7) is 13.7. The molecule has 1 saturated heterocycles. The zero-order valence-corrected chi connectivity index (χ0v) is 14.5. The number of rotatable bonds is 5. The van der Waals surface area contributed by atoms with Gasteiger partial charge in [-0.3, -0.25) is 0 Å². The first kappa shape index (κ1) is 17.5. The van der Waals surface area contributed by atoms with Crippen LogP contribution in [0, 0.1) is 0 Å². The third-order valence-electron chi connectivity index (χ3n) is 4.56. The van der Waals surface area contributed by atoms with Crippen molar-refractivity contribution in [1.82, 2.24) is 10.2 Å². The number of nitrogens with zero attached hydrogens (tertiary/aromatic N) is 1. The van der Waals surface area contributed by atoms with E-state index in [-0.39, 0.29) is 11.1 Å². The Kier molecular flexibility index (Phi) is 6.03. The van der Waals surface area contributed by atoms with Crippen LogP contribution >= 0.6 is 0 Å². The summed E-state index contributed by atoms with van der Waals surface area (Å²) in [5.41, 5.74) is 0. The number of carbonyl (C=O) groups is 1. The molecule has 0 saturated carbocycles. The van der Waals surface area contributed by atoms with E-state index < -0.39 is 14.4 Å². The van der Waals surface area contributed by atoms with E-state index in [1.807, 2.05) is 0 Å². The standard InChI is InChI=1S/C14H30N2O3Si/c1-14(2,3)20(4,5)19-10-9-16(13(17)18)12-7-6-8-15-11-12/h12,15H,6-11H2,1-5H3,(H,17,18)/t12-/m0/s1. The van der Waals surface area contributed by atoms with Crippen LogP contribution in [-0.4, -0.2) is 56.7 Å². The Balaban J connectivity index is 2.49. The molecule has 0 aromatic carbocycles. The number of hydrogen-bond donors (Lipinski definition) is 2. The largest absolute Gasteiger partial charge is 0.465 e. The van der Waals surface area contributed by atoms with Gasteiger partial charge in [-0.05, 0) is 37.5 Å². The zero-order chi connectivity index (χ0) is 15.4. The number of piperidine rings is 1. The second-order valence-corrected chi connectivity index (χ2v) is 11.9. The lowest BCUT2D eigenvalue weighted by atomic mass is 10.1. The molecule has 0 aromatic rings. The Morgan fingerprint density at radius 1 is 1.45 bits per heavy atom. The molecule has 1 rings (SSSR count). The monoisotopic (exact) mass is 302 g/mol. The Morgan fingerprint density at radius 2 is 2.10 bits per heavy atom. The van der Waals surface area contributed by atoms with Crippen molar-refractivity contribution in [2.45, 2.75) is 57.8 Å². The molecule has 0 spiro atoms. The third kappa shape index (κ3) is 4.75. The molecule has 1 heterocycles. The van der Waals surface area contributed by atoms with Crippen molar-refractivity contribution in [2.75, 3.05) is 26.2 Å². The molecule has 20 heavy (non-hydrogen) atoms. The van der Waals surface area contributed by atoms with E-state index in [9.17, 15) is 9.90 Å².